The minimum Gasteiger partial charge on any atom is -0.399 e. The Balaban J connectivity index is 2.23. The van der Waals surface area contributed by atoms with E-state index in [0.717, 1.165) is 22.6 Å². The summed E-state index contributed by atoms with van der Waals surface area (Å²) in [5.74, 6) is 0.680. The minimum absolute atomic E-state index is 0.680. The van der Waals surface area contributed by atoms with E-state index in [1.807, 2.05) is 48.5 Å². The molecule has 2 aromatic carbocycles. The highest BCUT2D eigenvalue weighted by Crippen LogP contribution is 2.12. The zero-order valence-electron chi connectivity index (χ0n) is 9.93. The van der Waals surface area contributed by atoms with Gasteiger partial charge in [0.2, 0.25) is 0 Å². The smallest absolute Gasteiger partial charge is 0.379 e. The van der Waals surface area contributed by atoms with Gasteiger partial charge in [0.1, 0.15) is 5.69 Å². The molecule has 0 aliphatic rings. The van der Waals surface area contributed by atoms with Gasteiger partial charge >= 0.3 is 5.84 Å². The van der Waals surface area contributed by atoms with Crippen LogP contribution in [0.25, 0.3) is 0 Å². The summed E-state index contributed by atoms with van der Waals surface area (Å²) < 4.78 is 3.99. The maximum absolute atomic E-state index is 5.65. The van der Waals surface area contributed by atoms with Gasteiger partial charge in [0, 0.05) is 11.4 Å². The molecular formula is C14H15N4+. The van der Waals surface area contributed by atoms with Crippen LogP contribution in [0.1, 0.15) is 5.56 Å². The molecule has 0 amide bonds. The van der Waals surface area contributed by atoms with Crippen LogP contribution in [0.15, 0.2) is 48.5 Å². The number of nitrogens with zero attached hydrogens (tertiary/aromatic N) is 1. The van der Waals surface area contributed by atoms with Gasteiger partial charge in [-0.3, -0.25) is 0 Å². The maximum Gasteiger partial charge on any atom is 0.379 e. The summed E-state index contributed by atoms with van der Waals surface area (Å²) in [5, 5.41) is 3.18. The van der Waals surface area contributed by atoms with E-state index in [0.29, 0.717) is 5.84 Å². The van der Waals surface area contributed by atoms with Gasteiger partial charge in [0.05, 0.1) is 5.56 Å². The minimum atomic E-state index is 0.680. The van der Waals surface area contributed by atoms with Gasteiger partial charge in [-0.2, -0.15) is 0 Å². The zero-order valence-corrected chi connectivity index (χ0v) is 9.93. The number of amidine groups is 1. The number of nitrogen functional groups attached to an aromatic ring is 2. The standard InChI is InChI=1S/C14H14N4/c1-17-14(10-2-4-11(15)5-3-10)18-13-8-6-12(16)7-9-13/h2-9H,1,16H2,(H2,15,18)/p+1. The van der Waals surface area contributed by atoms with Crippen molar-refractivity contribution in [2.75, 3.05) is 16.8 Å². The number of hydrogen-bond donors (Lipinski definition) is 3. The van der Waals surface area contributed by atoms with Gasteiger partial charge in [-0.25, -0.2) is 9.98 Å². The first-order valence-corrected chi connectivity index (χ1v) is 5.51. The molecular weight excluding hydrogens is 224 g/mol. The van der Waals surface area contributed by atoms with Crippen molar-refractivity contribution in [3.05, 3.63) is 54.1 Å². The van der Waals surface area contributed by atoms with Crippen LogP contribution < -0.4 is 21.5 Å². The van der Waals surface area contributed by atoms with Crippen molar-refractivity contribution < 1.29 is 0 Å². The molecule has 4 heteroatoms. The molecule has 0 aromatic heterocycles. The summed E-state index contributed by atoms with van der Waals surface area (Å²) in [6.07, 6.45) is 0. The fourth-order valence-corrected chi connectivity index (χ4v) is 1.55. The van der Waals surface area contributed by atoms with Gasteiger partial charge in [0.15, 0.2) is 6.72 Å². The van der Waals surface area contributed by atoms with Crippen molar-refractivity contribution in [3.63, 3.8) is 0 Å². The number of hydrogen-bond acceptors (Lipinski definition) is 2. The lowest BCUT2D eigenvalue weighted by atomic mass is 10.2. The summed E-state index contributed by atoms with van der Waals surface area (Å²) in [6.45, 7) is 3.57. The molecule has 0 bridgehead atoms. The number of nitrogens with two attached hydrogens (primary N) is 2. The van der Waals surface area contributed by atoms with Crippen molar-refractivity contribution in [2.24, 2.45) is 0 Å². The molecule has 5 N–H and O–H groups in total. The first-order valence-electron chi connectivity index (χ1n) is 5.51. The highest BCUT2D eigenvalue weighted by Gasteiger charge is 2.12. The molecule has 0 aliphatic carbocycles. The molecule has 90 valence electrons. The van der Waals surface area contributed by atoms with Crippen LogP contribution in [0.5, 0.6) is 0 Å². The zero-order chi connectivity index (χ0) is 13.0. The lowest BCUT2D eigenvalue weighted by molar-refractivity contribution is 1.52. The van der Waals surface area contributed by atoms with Crippen LogP contribution in [0, 0.1) is 0 Å². The summed E-state index contributed by atoms with van der Waals surface area (Å²) in [6, 6.07) is 14.9. The quantitative estimate of drug-likeness (QED) is 0.321. The maximum atomic E-state index is 5.65. The molecule has 0 saturated carbocycles. The fourth-order valence-electron chi connectivity index (χ4n) is 1.55. The topological polar surface area (TPSA) is 78.2 Å². The third-order valence-electron chi connectivity index (χ3n) is 2.52. The van der Waals surface area contributed by atoms with Crippen LogP contribution >= 0.6 is 0 Å². The largest absolute Gasteiger partial charge is 0.399 e. The highest BCUT2D eigenvalue weighted by atomic mass is 15.0. The van der Waals surface area contributed by atoms with Crippen molar-refractivity contribution in [2.45, 2.75) is 0 Å². The molecule has 0 unspecified atom stereocenters. The van der Waals surface area contributed by atoms with Crippen molar-refractivity contribution in [3.8, 4) is 0 Å². The molecule has 18 heavy (non-hydrogen) atoms. The lowest BCUT2D eigenvalue weighted by Gasteiger charge is -2.00. The van der Waals surface area contributed by atoms with Crippen LogP contribution in [0.2, 0.25) is 0 Å². The Morgan fingerprint density at radius 1 is 0.889 bits per heavy atom. The van der Waals surface area contributed by atoms with E-state index >= 15 is 0 Å². The van der Waals surface area contributed by atoms with E-state index in [9.17, 15) is 0 Å². The number of benzene rings is 2. The average Bonchev–Trinajstić information content (AvgIpc) is 2.39. The first-order chi connectivity index (χ1) is 8.69. The van der Waals surface area contributed by atoms with Gasteiger partial charge in [0.25, 0.3) is 0 Å². The van der Waals surface area contributed by atoms with E-state index in [4.69, 9.17) is 11.5 Å². The fraction of sp³-hybridized carbons (Fsp3) is 0. The Morgan fingerprint density at radius 2 is 1.39 bits per heavy atom. The molecule has 0 aliphatic heterocycles. The highest BCUT2D eigenvalue weighted by molar-refractivity contribution is 6.08. The molecule has 0 fully saturated rings. The normalized spacial score (nSPS) is 9.56. The van der Waals surface area contributed by atoms with Crippen molar-refractivity contribution >= 4 is 29.6 Å². The molecule has 0 atom stereocenters. The van der Waals surface area contributed by atoms with Gasteiger partial charge in [-0.1, -0.05) is 0 Å². The third kappa shape index (κ3) is 2.70. The van der Waals surface area contributed by atoms with E-state index in [1.54, 1.807) is 0 Å². The second-order valence-corrected chi connectivity index (χ2v) is 3.88. The number of rotatable bonds is 2. The molecule has 2 rings (SSSR count). The van der Waals surface area contributed by atoms with E-state index < -0.39 is 0 Å². The Labute approximate surface area is 106 Å². The Kier molecular flexibility index (Phi) is 3.32. The number of anilines is 3. The van der Waals surface area contributed by atoms with Gasteiger partial charge in [-0.15, -0.1) is 0 Å². The summed E-state index contributed by atoms with van der Waals surface area (Å²) in [4.78, 5) is 0. The van der Waals surface area contributed by atoms with Gasteiger partial charge in [-0.05, 0) is 48.5 Å². The first kappa shape index (κ1) is 11.8. The Bertz CT molecular complexity index is 578. The van der Waals surface area contributed by atoms with Crippen molar-refractivity contribution in [1.29, 1.82) is 0 Å². The molecule has 0 radical (unpaired) electrons. The SMILES string of the molecule is C=[N+]=C(Nc1ccc(N)cc1)c1ccc(N)cc1. The summed E-state index contributed by atoms with van der Waals surface area (Å²) in [5.41, 5.74) is 14.6. The molecule has 0 spiro atoms. The second-order valence-electron chi connectivity index (χ2n) is 3.88. The summed E-state index contributed by atoms with van der Waals surface area (Å²) in [7, 11) is 0. The average molecular weight is 239 g/mol. The second kappa shape index (κ2) is 5.08. The van der Waals surface area contributed by atoms with E-state index in [-0.39, 0.29) is 0 Å². The van der Waals surface area contributed by atoms with Crippen LogP contribution in [0.4, 0.5) is 17.1 Å². The predicted molar refractivity (Wildman–Crippen MR) is 78.7 cm³/mol. The lowest BCUT2D eigenvalue weighted by Crippen LogP contribution is -2.16. The van der Waals surface area contributed by atoms with Crippen LogP contribution in [-0.4, -0.2) is 12.6 Å². The van der Waals surface area contributed by atoms with E-state index in [1.165, 1.54) is 0 Å². The predicted octanol–water partition coefficient (Wildman–Crippen LogP) is 1.48. The monoisotopic (exact) mass is 239 g/mol. The molecule has 0 heterocycles. The van der Waals surface area contributed by atoms with Crippen LogP contribution in [0.3, 0.4) is 0 Å². The van der Waals surface area contributed by atoms with Gasteiger partial charge < -0.3 is 11.5 Å². The van der Waals surface area contributed by atoms with Crippen molar-refractivity contribution in [1.82, 2.24) is 4.67 Å². The third-order valence-corrected chi connectivity index (χ3v) is 2.52. The molecule has 0 saturated heterocycles. The van der Waals surface area contributed by atoms with E-state index in [2.05, 4.69) is 16.7 Å². The molecule has 4 nitrogen and oxygen atoms in total. The Hall–Kier alpha value is -2.71. The Morgan fingerprint density at radius 3 is 1.89 bits per heavy atom. The number of nitrogens with one attached hydrogen (secondary N) is 1. The molecule has 2 aromatic rings. The summed E-state index contributed by atoms with van der Waals surface area (Å²) >= 11 is 0. The van der Waals surface area contributed by atoms with Crippen LogP contribution in [-0.2, 0) is 0 Å².